The van der Waals surface area contributed by atoms with Crippen molar-refractivity contribution in [3.05, 3.63) is 40.8 Å². The average Bonchev–Trinajstić information content (AvgIpc) is 2.84. The van der Waals surface area contributed by atoms with E-state index in [1.165, 1.54) is 0 Å². The maximum absolute atomic E-state index is 5.78. The van der Waals surface area contributed by atoms with Gasteiger partial charge < -0.3 is 10.1 Å². The zero-order valence-electron chi connectivity index (χ0n) is 10.9. The molecule has 18 heavy (non-hydrogen) atoms. The van der Waals surface area contributed by atoms with E-state index in [0.717, 1.165) is 17.1 Å². The number of hydrogen-bond acceptors (Lipinski definition) is 4. The van der Waals surface area contributed by atoms with Gasteiger partial charge in [0.25, 0.3) is 0 Å². The van der Waals surface area contributed by atoms with Crippen LogP contribution in [0.5, 0.6) is 5.75 Å². The third-order valence-electron chi connectivity index (χ3n) is 2.52. The Labute approximate surface area is 112 Å². The molecule has 0 aliphatic carbocycles. The SMILES string of the molecule is CC(C)Oc1ccccc1NC(C)c1cscn1. The van der Waals surface area contributed by atoms with Crippen LogP contribution in [-0.2, 0) is 0 Å². The number of aromatic nitrogens is 1. The Morgan fingerprint density at radius 2 is 2.00 bits per heavy atom. The highest BCUT2D eigenvalue weighted by Crippen LogP contribution is 2.28. The van der Waals surface area contributed by atoms with Crippen LogP contribution in [0.4, 0.5) is 5.69 Å². The van der Waals surface area contributed by atoms with E-state index in [2.05, 4.69) is 22.6 Å². The van der Waals surface area contributed by atoms with E-state index in [9.17, 15) is 0 Å². The number of ether oxygens (including phenoxy) is 1. The van der Waals surface area contributed by atoms with Crippen LogP contribution in [0, 0.1) is 0 Å². The van der Waals surface area contributed by atoms with Gasteiger partial charge in [-0.3, -0.25) is 0 Å². The van der Waals surface area contributed by atoms with Crippen molar-refractivity contribution in [3.63, 3.8) is 0 Å². The van der Waals surface area contributed by atoms with Crippen LogP contribution in [-0.4, -0.2) is 11.1 Å². The molecule has 1 heterocycles. The summed E-state index contributed by atoms with van der Waals surface area (Å²) in [6.45, 7) is 6.16. The second kappa shape index (κ2) is 5.87. The van der Waals surface area contributed by atoms with Gasteiger partial charge in [0.1, 0.15) is 5.75 Å². The van der Waals surface area contributed by atoms with Gasteiger partial charge in [0.2, 0.25) is 0 Å². The third kappa shape index (κ3) is 3.23. The second-order valence-electron chi connectivity index (χ2n) is 4.44. The highest BCUT2D eigenvalue weighted by atomic mass is 32.1. The summed E-state index contributed by atoms with van der Waals surface area (Å²) in [5.41, 5.74) is 3.91. The third-order valence-corrected chi connectivity index (χ3v) is 3.12. The minimum absolute atomic E-state index is 0.169. The Morgan fingerprint density at radius 1 is 1.22 bits per heavy atom. The summed E-state index contributed by atoms with van der Waals surface area (Å²) in [5, 5.41) is 5.50. The fraction of sp³-hybridized carbons (Fsp3) is 0.357. The molecule has 1 unspecified atom stereocenters. The molecule has 0 amide bonds. The van der Waals surface area contributed by atoms with Crippen molar-refractivity contribution in [1.29, 1.82) is 0 Å². The van der Waals surface area contributed by atoms with Gasteiger partial charge in [-0.1, -0.05) is 12.1 Å². The monoisotopic (exact) mass is 262 g/mol. The number of benzene rings is 1. The first kappa shape index (κ1) is 12.9. The largest absolute Gasteiger partial charge is 0.489 e. The predicted octanol–water partition coefficient (Wildman–Crippen LogP) is 4.10. The topological polar surface area (TPSA) is 34.1 Å². The fourth-order valence-corrected chi connectivity index (χ4v) is 2.33. The van der Waals surface area contributed by atoms with E-state index in [4.69, 9.17) is 4.74 Å². The molecule has 1 aromatic carbocycles. The molecule has 2 aromatic rings. The Bertz CT molecular complexity index is 482. The van der Waals surface area contributed by atoms with Gasteiger partial charge in [-0.2, -0.15) is 0 Å². The lowest BCUT2D eigenvalue weighted by Gasteiger charge is -2.18. The first-order chi connectivity index (χ1) is 8.66. The summed E-state index contributed by atoms with van der Waals surface area (Å²) < 4.78 is 5.78. The minimum Gasteiger partial charge on any atom is -0.489 e. The number of thiazole rings is 1. The molecule has 0 aliphatic rings. The maximum Gasteiger partial charge on any atom is 0.142 e. The summed E-state index contributed by atoms with van der Waals surface area (Å²) in [7, 11) is 0. The fourth-order valence-electron chi connectivity index (χ4n) is 1.69. The molecule has 2 rings (SSSR count). The first-order valence-corrected chi connectivity index (χ1v) is 7.01. The number of hydrogen-bond donors (Lipinski definition) is 1. The van der Waals surface area contributed by atoms with E-state index in [-0.39, 0.29) is 12.1 Å². The maximum atomic E-state index is 5.78. The van der Waals surface area contributed by atoms with Crippen molar-refractivity contribution < 1.29 is 4.74 Å². The molecular weight excluding hydrogens is 244 g/mol. The van der Waals surface area contributed by atoms with Crippen LogP contribution < -0.4 is 10.1 Å². The number of nitrogens with one attached hydrogen (secondary N) is 1. The quantitative estimate of drug-likeness (QED) is 0.880. The Kier molecular flexibility index (Phi) is 4.20. The van der Waals surface area contributed by atoms with Crippen molar-refractivity contribution in [2.75, 3.05) is 5.32 Å². The van der Waals surface area contributed by atoms with E-state index in [0.29, 0.717) is 0 Å². The second-order valence-corrected chi connectivity index (χ2v) is 5.16. The van der Waals surface area contributed by atoms with Crippen LogP contribution in [0.3, 0.4) is 0 Å². The molecule has 96 valence electrons. The predicted molar refractivity (Wildman–Crippen MR) is 76.4 cm³/mol. The van der Waals surface area contributed by atoms with Crippen LogP contribution >= 0.6 is 11.3 Å². The van der Waals surface area contributed by atoms with Crippen molar-refractivity contribution >= 4 is 17.0 Å². The van der Waals surface area contributed by atoms with Crippen molar-refractivity contribution in [3.8, 4) is 5.75 Å². The van der Waals surface area contributed by atoms with Gasteiger partial charge in [-0.15, -0.1) is 11.3 Å². The van der Waals surface area contributed by atoms with E-state index >= 15 is 0 Å². The summed E-state index contributed by atoms with van der Waals surface area (Å²) in [6.07, 6.45) is 0.169. The van der Waals surface area contributed by atoms with Crippen molar-refractivity contribution in [2.24, 2.45) is 0 Å². The number of anilines is 1. The molecule has 3 nitrogen and oxygen atoms in total. The van der Waals surface area contributed by atoms with Crippen LogP contribution in [0.15, 0.2) is 35.2 Å². The van der Waals surface area contributed by atoms with Crippen LogP contribution in [0.25, 0.3) is 0 Å². The zero-order chi connectivity index (χ0) is 13.0. The first-order valence-electron chi connectivity index (χ1n) is 6.07. The minimum atomic E-state index is 0.169. The molecular formula is C14H18N2OS. The molecule has 0 bridgehead atoms. The normalized spacial score (nSPS) is 12.4. The summed E-state index contributed by atoms with van der Waals surface area (Å²) in [6, 6.07) is 8.17. The van der Waals surface area contributed by atoms with E-state index in [1.807, 2.05) is 43.6 Å². The van der Waals surface area contributed by atoms with E-state index in [1.54, 1.807) is 11.3 Å². The molecule has 0 radical (unpaired) electrons. The molecule has 0 saturated carbocycles. The number of para-hydroxylation sites is 2. The summed E-state index contributed by atoms with van der Waals surface area (Å²) in [5.74, 6) is 0.884. The molecule has 0 fully saturated rings. The molecule has 0 aliphatic heterocycles. The van der Waals surface area contributed by atoms with Gasteiger partial charge in [-0.05, 0) is 32.9 Å². The average molecular weight is 262 g/mol. The molecule has 0 spiro atoms. The van der Waals surface area contributed by atoms with Crippen LogP contribution in [0.2, 0.25) is 0 Å². The Balaban J connectivity index is 2.13. The molecule has 1 atom stereocenters. The summed E-state index contributed by atoms with van der Waals surface area (Å²) in [4.78, 5) is 4.32. The zero-order valence-corrected chi connectivity index (χ0v) is 11.7. The molecule has 1 aromatic heterocycles. The van der Waals surface area contributed by atoms with Gasteiger partial charge in [0.05, 0.1) is 29.0 Å². The lowest BCUT2D eigenvalue weighted by molar-refractivity contribution is 0.243. The van der Waals surface area contributed by atoms with Crippen molar-refractivity contribution in [2.45, 2.75) is 32.9 Å². The molecule has 1 N–H and O–H groups in total. The molecule has 0 saturated heterocycles. The highest BCUT2D eigenvalue weighted by Gasteiger charge is 2.10. The van der Waals surface area contributed by atoms with Crippen LogP contribution in [0.1, 0.15) is 32.5 Å². The standard InChI is InChI=1S/C14H18N2OS/c1-10(2)17-14-7-5-4-6-12(14)16-11(3)13-8-18-9-15-13/h4-11,16H,1-3H3. The van der Waals surface area contributed by atoms with Gasteiger partial charge in [0, 0.05) is 5.38 Å². The number of rotatable bonds is 5. The lowest BCUT2D eigenvalue weighted by atomic mass is 10.2. The number of nitrogens with zero attached hydrogens (tertiary/aromatic N) is 1. The lowest BCUT2D eigenvalue weighted by Crippen LogP contribution is -2.11. The van der Waals surface area contributed by atoms with Gasteiger partial charge >= 0.3 is 0 Å². The van der Waals surface area contributed by atoms with E-state index < -0.39 is 0 Å². The van der Waals surface area contributed by atoms with Crippen molar-refractivity contribution in [1.82, 2.24) is 4.98 Å². The van der Waals surface area contributed by atoms with Gasteiger partial charge in [-0.25, -0.2) is 4.98 Å². The smallest absolute Gasteiger partial charge is 0.142 e. The Hall–Kier alpha value is -1.55. The van der Waals surface area contributed by atoms with Gasteiger partial charge in [0.15, 0.2) is 0 Å². The molecule has 4 heteroatoms. The highest BCUT2D eigenvalue weighted by molar-refractivity contribution is 7.07. The summed E-state index contributed by atoms with van der Waals surface area (Å²) >= 11 is 1.61. The Morgan fingerprint density at radius 3 is 2.67 bits per heavy atom.